The first-order valence-electron chi connectivity index (χ1n) is 41.1. The first-order valence-corrected chi connectivity index (χ1v) is 41.1. The van der Waals surface area contributed by atoms with Gasteiger partial charge in [0.05, 0.1) is 37.3 Å². The van der Waals surface area contributed by atoms with Gasteiger partial charge in [0.1, 0.15) is 26.4 Å². The average molecular weight is 1320 g/mol. The first kappa shape index (κ1) is 90.8. The van der Waals surface area contributed by atoms with E-state index in [2.05, 4.69) is 27.7 Å². The smallest absolute Gasteiger partial charge is 0.305 e. The Balaban J connectivity index is 5.60. The molecule has 93 heavy (non-hydrogen) atoms. The largest absolute Gasteiger partial charge is 0.465 e. The summed E-state index contributed by atoms with van der Waals surface area (Å²) in [7, 11) is 0. The lowest BCUT2D eigenvalue weighted by Gasteiger charge is -2.34. The molecule has 0 bridgehead atoms. The van der Waals surface area contributed by atoms with E-state index in [4.69, 9.17) is 23.7 Å². The van der Waals surface area contributed by atoms with Gasteiger partial charge in [0.2, 0.25) is 0 Å². The van der Waals surface area contributed by atoms with Crippen LogP contribution in [-0.2, 0) is 42.9 Å². The Morgan fingerprint density at radius 3 is 0.462 bits per heavy atom. The second-order valence-electron chi connectivity index (χ2n) is 29.3. The number of ether oxygens (including phenoxy) is 5. The van der Waals surface area contributed by atoms with Crippen LogP contribution in [0.3, 0.4) is 0 Å². The molecule has 0 rings (SSSR count). The zero-order valence-electron chi connectivity index (χ0n) is 62.5. The highest BCUT2D eigenvalue weighted by molar-refractivity contribution is 5.70. The lowest BCUT2D eigenvalue weighted by atomic mass is 9.90. The number of hydrogen-bond donors (Lipinski definition) is 2. The van der Waals surface area contributed by atoms with E-state index in [1.807, 2.05) is 0 Å². The summed E-state index contributed by atoms with van der Waals surface area (Å²) in [6, 6.07) is 0. The molecule has 0 heterocycles. The number of aliphatic hydroxyl groups excluding tert-OH is 2. The number of aliphatic hydroxyl groups is 2. The minimum atomic E-state index is -1.30. The third kappa shape index (κ3) is 64.2. The van der Waals surface area contributed by atoms with Crippen molar-refractivity contribution in [1.29, 1.82) is 0 Å². The van der Waals surface area contributed by atoms with E-state index in [1.54, 1.807) is 0 Å². The highest BCUT2D eigenvalue weighted by Gasteiger charge is 2.38. The van der Waals surface area contributed by atoms with Crippen LogP contribution in [0, 0.1) is 10.8 Å². The number of carbonyl (C=O) groups is 4. The minimum Gasteiger partial charge on any atom is -0.465 e. The van der Waals surface area contributed by atoms with Crippen molar-refractivity contribution in [2.75, 3.05) is 52.9 Å². The van der Waals surface area contributed by atoms with Gasteiger partial charge in [0.15, 0.2) is 0 Å². The maximum absolute atomic E-state index is 13.3. The number of unbranched alkanes of at least 4 members (excludes halogenated alkanes) is 56. The van der Waals surface area contributed by atoms with Crippen molar-refractivity contribution in [2.45, 2.75) is 439 Å². The van der Waals surface area contributed by atoms with Crippen molar-refractivity contribution in [3.8, 4) is 0 Å². The average Bonchev–Trinajstić information content (AvgIpc) is 1.22. The van der Waals surface area contributed by atoms with Crippen molar-refractivity contribution in [3.05, 3.63) is 0 Å². The maximum Gasteiger partial charge on any atom is 0.305 e. The topological polar surface area (TPSA) is 155 Å². The van der Waals surface area contributed by atoms with Crippen LogP contribution in [0.25, 0.3) is 0 Å². The standard InChI is InChI=1S/C82H158O11/c1-5-9-13-17-21-25-29-33-37-41-45-49-53-57-61-65-77(85)90-73-81(69-83,74-91-78(86)66-62-58-54-50-46-42-38-34-30-26-22-18-14-10-6-2)71-89-72-82(70-84,75-92-79(87)67-63-59-55-51-47-43-39-35-31-27-23-19-15-11-7-3)76-93-80(88)68-64-60-56-52-48-44-40-36-32-28-24-20-16-12-8-4/h83-84H,5-76H2,1-4H3. The van der Waals surface area contributed by atoms with Gasteiger partial charge in [-0.3, -0.25) is 19.2 Å². The number of hydrogen-bond acceptors (Lipinski definition) is 11. The summed E-state index contributed by atoms with van der Waals surface area (Å²) in [5.41, 5.74) is -2.60. The molecule has 552 valence electrons. The maximum atomic E-state index is 13.3. The Morgan fingerprint density at radius 2 is 0.333 bits per heavy atom. The number of esters is 4. The molecule has 0 fully saturated rings. The summed E-state index contributed by atoms with van der Waals surface area (Å²) in [6.45, 7) is 6.75. The molecule has 0 saturated heterocycles. The van der Waals surface area contributed by atoms with Crippen LogP contribution in [0.5, 0.6) is 0 Å². The number of carbonyl (C=O) groups excluding carboxylic acids is 4. The van der Waals surface area contributed by atoms with Crippen LogP contribution in [0.1, 0.15) is 439 Å². The van der Waals surface area contributed by atoms with E-state index in [9.17, 15) is 29.4 Å². The van der Waals surface area contributed by atoms with E-state index < -0.39 is 24.0 Å². The van der Waals surface area contributed by atoms with E-state index in [0.717, 1.165) is 77.0 Å². The highest BCUT2D eigenvalue weighted by atomic mass is 16.6. The molecular weight excluding hydrogens is 1160 g/mol. The Kier molecular flexibility index (Phi) is 70.8. The zero-order valence-corrected chi connectivity index (χ0v) is 62.5. The van der Waals surface area contributed by atoms with E-state index >= 15 is 0 Å². The van der Waals surface area contributed by atoms with Gasteiger partial charge in [-0.2, -0.15) is 0 Å². The second kappa shape index (κ2) is 72.5. The highest BCUT2D eigenvalue weighted by Crippen LogP contribution is 2.27. The van der Waals surface area contributed by atoms with Crippen molar-refractivity contribution in [2.24, 2.45) is 10.8 Å². The molecule has 0 spiro atoms. The molecule has 2 N–H and O–H groups in total. The monoisotopic (exact) mass is 1320 g/mol. The molecule has 0 atom stereocenters. The fourth-order valence-electron chi connectivity index (χ4n) is 12.8. The van der Waals surface area contributed by atoms with Gasteiger partial charge in [-0.15, -0.1) is 0 Å². The molecule has 0 aromatic heterocycles. The quantitative estimate of drug-likeness (QED) is 0.0340. The number of rotatable bonds is 78. The van der Waals surface area contributed by atoms with Crippen LogP contribution >= 0.6 is 0 Å². The Labute approximate surface area is 576 Å². The fourth-order valence-corrected chi connectivity index (χ4v) is 12.8. The van der Waals surface area contributed by atoms with Gasteiger partial charge in [-0.05, 0) is 25.7 Å². The Hall–Kier alpha value is -2.24. The summed E-state index contributed by atoms with van der Waals surface area (Å²) in [4.78, 5) is 53.1. The van der Waals surface area contributed by atoms with Gasteiger partial charge < -0.3 is 33.9 Å². The molecule has 11 nitrogen and oxygen atoms in total. The van der Waals surface area contributed by atoms with Crippen molar-refractivity contribution < 1.29 is 53.1 Å². The van der Waals surface area contributed by atoms with Crippen LogP contribution in [0.15, 0.2) is 0 Å². The van der Waals surface area contributed by atoms with E-state index in [1.165, 1.54) is 283 Å². The van der Waals surface area contributed by atoms with Crippen LogP contribution in [-0.4, -0.2) is 86.9 Å². The molecule has 0 aromatic rings. The van der Waals surface area contributed by atoms with Crippen LogP contribution < -0.4 is 0 Å². The van der Waals surface area contributed by atoms with Gasteiger partial charge in [-0.1, -0.05) is 387 Å². The molecular formula is C82H158O11. The predicted octanol–water partition coefficient (Wildman–Crippen LogP) is 24.2. The molecule has 0 aliphatic rings. The molecule has 0 amide bonds. The zero-order chi connectivity index (χ0) is 67.8. The summed E-state index contributed by atoms with van der Waals surface area (Å²) >= 11 is 0. The normalized spacial score (nSPS) is 11.8. The predicted molar refractivity (Wildman–Crippen MR) is 392 cm³/mol. The van der Waals surface area contributed by atoms with Gasteiger partial charge >= 0.3 is 23.9 Å². The van der Waals surface area contributed by atoms with Crippen molar-refractivity contribution in [3.63, 3.8) is 0 Å². The molecule has 0 radical (unpaired) electrons. The SMILES string of the molecule is CCCCCCCCCCCCCCCCCC(=O)OCC(CO)(COCC(CO)(COC(=O)CCCCCCCCCCCCCCCCC)COC(=O)CCCCCCCCCCCCCCCCC)COC(=O)CCCCCCCCCCCCCCCCC. The minimum absolute atomic E-state index is 0.191. The van der Waals surface area contributed by atoms with Gasteiger partial charge in [0.25, 0.3) is 0 Å². The van der Waals surface area contributed by atoms with Crippen LogP contribution in [0.4, 0.5) is 0 Å². The van der Waals surface area contributed by atoms with Gasteiger partial charge in [-0.25, -0.2) is 0 Å². The Bertz CT molecular complexity index is 1360. The molecule has 0 aliphatic heterocycles. The summed E-state index contributed by atoms with van der Waals surface area (Å²) in [6.07, 6.45) is 74.9. The summed E-state index contributed by atoms with van der Waals surface area (Å²) < 4.78 is 29.8. The first-order chi connectivity index (χ1) is 45.6. The van der Waals surface area contributed by atoms with Gasteiger partial charge in [0, 0.05) is 25.7 Å². The third-order valence-electron chi connectivity index (χ3n) is 19.6. The third-order valence-corrected chi connectivity index (χ3v) is 19.6. The second-order valence-corrected chi connectivity index (χ2v) is 29.3. The van der Waals surface area contributed by atoms with Crippen molar-refractivity contribution >= 4 is 23.9 Å². The van der Waals surface area contributed by atoms with E-state index in [-0.39, 0.29) is 89.2 Å². The molecule has 0 saturated carbocycles. The summed E-state index contributed by atoms with van der Waals surface area (Å²) in [5, 5.41) is 22.2. The fraction of sp³-hybridized carbons (Fsp3) is 0.951. The molecule has 11 heteroatoms. The van der Waals surface area contributed by atoms with E-state index in [0.29, 0.717) is 25.7 Å². The lowest BCUT2D eigenvalue weighted by molar-refractivity contribution is -0.168. The van der Waals surface area contributed by atoms with Crippen LogP contribution in [0.2, 0.25) is 0 Å². The van der Waals surface area contributed by atoms with Crippen molar-refractivity contribution in [1.82, 2.24) is 0 Å². The molecule has 0 aliphatic carbocycles. The summed E-state index contributed by atoms with van der Waals surface area (Å²) in [5.74, 6) is -1.51. The molecule has 0 unspecified atom stereocenters. The molecule has 0 aromatic carbocycles. The Morgan fingerprint density at radius 1 is 0.204 bits per heavy atom. The lowest BCUT2D eigenvalue weighted by Crippen LogP contribution is -2.46.